The first-order chi connectivity index (χ1) is 10.2. The fourth-order valence-electron chi connectivity index (χ4n) is 3.73. The summed E-state index contributed by atoms with van der Waals surface area (Å²) in [6.45, 7) is 8.69. The van der Waals surface area contributed by atoms with Gasteiger partial charge in [-0.15, -0.1) is 0 Å². The molecule has 2 aliphatic heterocycles. The van der Waals surface area contributed by atoms with Crippen molar-refractivity contribution in [3.8, 4) is 0 Å². The Morgan fingerprint density at radius 1 is 1.33 bits per heavy atom. The van der Waals surface area contributed by atoms with Crippen LogP contribution in [-0.4, -0.2) is 42.8 Å². The summed E-state index contributed by atoms with van der Waals surface area (Å²) in [4.78, 5) is 2.64. The molecule has 0 aliphatic carbocycles. The first-order valence-corrected chi connectivity index (χ1v) is 8.36. The largest absolute Gasteiger partial charge is 0.374 e. The second kappa shape index (κ2) is 6.47. The van der Waals surface area contributed by atoms with Gasteiger partial charge in [0.1, 0.15) is 0 Å². The molecule has 1 aromatic carbocycles. The second-order valence-electron chi connectivity index (χ2n) is 6.77. The molecule has 3 atom stereocenters. The highest BCUT2D eigenvalue weighted by atomic mass is 16.5. The predicted molar refractivity (Wildman–Crippen MR) is 86.4 cm³/mol. The Kier molecular flexibility index (Phi) is 4.63. The molecule has 3 nitrogen and oxygen atoms in total. The summed E-state index contributed by atoms with van der Waals surface area (Å²) in [5, 5.41) is 3.70. The number of rotatable bonds is 4. The Morgan fingerprint density at radius 2 is 2.14 bits per heavy atom. The zero-order valence-corrected chi connectivity index (χ0v) is 13.3. The third-order valence-electron chi connectivity index (χ3n) is 5.01. The highest BCUT2D eigenvalue weighted by Gasteiger charge is 2.36. The molecule has 0 radical (unpaired) electrons. The van der Waals surface area contributed by atoms with Gasteiger partial charge in [-0.05, 0) is 31.7 Å². The number of piperazine rings is 1. The molecule has 3 rings (SSSR count). The van der Waals surface area contributed by atoms with E-state index in [0.717, 1.165) is 26.2 Å². The van der Waals surface area contributed by atoms with Crippen LogP contribution in [0.25, 0.3) is 0 Å². The van der Waals surface area contributed by atoms with Crippen molar-refractivity contribution in [2.24, 2.45) is 0 Å². The fraction of sp³-hybridized carbons (Fsp3) is 0.667. The molecule has 3 unspecified atom stereocenters. The Labute approximate surface area is 128 Å². The van der Waals surface area contributed by atoms with E-state index in [1.54, 1.807) is 0 Å². The lowest BCUT2D eigenvalue weighted by atomic mass is 9.95. The Morgan fingerprint density at radius 3 is 2.81 bits per heavy atom. The minimum Gasteiger partial charge on any atom is -0.374 e. The molecule has 2 aliphatic rings. The van der Waals surface area contributed by atoms with Gasteiger partial charge in [0, 0.05) is 38.3 Å². The van der Waals surface area contributed by atoms with E-state index in [9.17, 15) is 0 Å². The van der Waals surface area contributed by atoms with Crippen LogP contribution in [0.4, 0.5) is 0 Å². The van der Waals surface area contributed by atoms with Gasteiger partial charge >= 0.3 is 0 Å². The smallest absolute Gasteiger partial charge is 0.0781 e. The van der Waals surface area contributed by atoms with Crippen LogP contribution in [0.3, 0.4) is 0 Å². The number of hydrogen-bond acceptors (Lipinski definition) is 3. The molecule has 0 aromatic heterocycles. The number of ether oxygens (including phenoxy) is 1. The Hall–Kier alpha value is -0.900. The first-order valence-electron chi connectivity index (χ1n) is 8.36. The topological polar surface area (TPSA) is 24.5 Å². The zero-order valence-electron chi connectivity index (χ0n) is 13.3. The summed E-state index contributed by atoms with van der Waals surface area (Å²) in [6.07, 6.45) is 3.58. The summed E-state index contributed by atoms with van der Waals surface area (Å²) in [6, 6.07) is 12.0. The Balaban J connectivity index is 1.77. The van der Waals surface area contributed by atoms with Gasteiger partial charge in [0.05, 0.1) is 5.60 Å². The van der Waals surface area contributed by atoms with Crippen LogP contribution in [-0.2, 0) is 4.74 Å². The molecule has 0 spiro atoms. The average molecular weight is 288 g/mol. The van der Waals surface area contributed by atoms with Gasteiger partial charge in [0.25, 0.3) is 0 Å². The molecule has 0 bridgehead atoms. The zero-order chi connectivity index (χ0) is 14.7. The van der Waals surface area contributed by atoms with Gasteiger partial charge < -0.3 is 10.1 Å². The van der Waals surface area contributed by atoms with E-state index in [1.807, 2.05) is 0 Å². The maximum atomic E-state index is 6.03. The number of nitrogens with one attached hydrogen (secondary N) is 1. The van der Waals surface area contributed by atoms with Gasteiger partial charge in [-0.25, -0.2) is 0 Å². The molecular weight excluding hydrogens is 260 g/mol. The first kappa shape index (κ1) is 15.0. The third-order valence-corrected chi connectivity index (χ3v) is 5.01. The molecule has 1 aromatic rings. The fourth-order valence-corrected chi connectivity index (χ4v) is 3.73. The van der Waals surface area contributed by atoms with E-state index in [2.05, 4.69) is 54.4 Å². The van der Waals surface area contributed by atoms with Gasteiger partial charge in [-0.3, -0.25) is 4.90 Å². The lowest BCUT2D eigenvalue weighted by Gasteiger charge is -2.43. The van der Waals surface area contributed by atoms with Gasteiger partial charge in [-0.1, -0.05) is 37.3 Å². The summed E-state index contributed by atoms with van der Waals surface area (Å²) in [5.41, 5.74) is 1.46. The van der Waals surface area contributed by atoms with E-state index in [1.165, 1.54) is 24.8 Å². The van der Waals surface area contributed by atoms with E-state index >= 15 is 0 Å². The van der Waals surface area contributed by atoms with Crippen LogP contribution in [0.15, 0.2) is 30.3 Å². The quantitative estimate of drug-likeness (QED) is 0.922. The SMILES string of the molecule is CCC1CN(CC2(C)CCCO2)C(c2ccccc2)CN1. The van der Waals surface area contributed by atoms with E-state index < -0.39 is 0 Å². The summed E-state index contributed by atoms with van der Waals surface area (Å²) in [5.74, 6) is 0. The molecule has 3 heteroatoms. The normalized spacial score (nSPS) is 34.2. The van der Waals surface area contributed by atoms with Crippen molar-refractivity contribution >= 4 is 0 Å². The molecule has 2 fully saturated rings. The molecule has 2 saturated heterocycles. The monoisotopic (exact) mass is 288 g/mol. The standard InChI is InChI=1S/C18H28N2O/c1-3-16-13-20(14-18(2)10-7-11-21-18)17(12-19-16)15-8-5-4-6-9-15/h4-6,8-9,16-17,19H,3,7,10-14H2,1-2H3. The molecule has 116 valence electrons. The molecule has 2 heterocycles. The minimum absolute atomic E-state index is 0.0443. The van der Waals surface area contributed by atoms with Crippen LogP contribution < -0.4 is 5.32 Å². The van der Waals surface area contributed by atoms with Gasteiger partial charge in [0.2, 0.25) is 0 Å². The van der Waals surface area contributed by atoms with Crippen molar-refractivity contribution in [2.75, 3.05) is 26.2 Å². The van der Waals surface area contributed by atoms with Crippen LogP contribution in [0.2, 0.25) is 0 Å². The van der Waals surface area contributed by atoms with E-state index in [0.29, 0.717) is 12.1 Å². The van der Waals surface area contributed by atoms with Gasteiger partial charge in [0.15, 0.2) is 0 Å². The second-order valence-corrected chi connectivity index (χ2v) is 6.77. The highest BCUT2D eigenvalue weighted by Crippen LogP contribution is 2.31. The maximum absolute atomic E-state index is 6.03. The van der Waals surface area contributed by atoms with Crippen molar-refractivity contribution in [1.29, 1.82) is 0 Å². The highest BCUT2D eigenvalue weighted by molar-refractivity contribution is 5.20. The maximum Gasteiger partial charge on any atom is 0.0781 e. The van der Waals surface area contributed by atoms with Crippen molar-refractivity contribution in [2.45, 2.75) is 50.8 Å². The van der Waals surface area contributed by atoms with Crippen LogP contribution >= 0.6 is 0 Å². The van der Waals surface area contributed by atoms with Crippen molar-refractivity contribution in [1.82, 2.24) is 10.2 Å². The van der Waals surface area contributed by atoms with Crippen LogP contribution in [0, 0.1) is 0 Å². The van der Waals surface area contributed by atoms with Crippen molar-refractivity contribution in [3.05, 3.63) is 35.9 Å². The van der Waals surface area contributed by atoms with Crippen LogP contribution in [0.5, 0.6) is 0 Å². The van der Waals surface area contributed by atoms with Gasteiger partial charge in [-0.2, -0.15) is 0 Å². The number of nitrogens with zero attached hydrogens (tertiary/aromatic N) is 1. The van der Waals surface area contributed by atoms with Crippen molar-refractivity contribution in [3.63, 3.8) is 0 Å². The predicted octanol–water partition coefficient (Wildman–Crippen LogP) is 2.98. The lowest BCUT2D eigenvalue weighted by Crippen LogP contribution is -2.55. The van der Waals surface area contributed by atoms with E-state index in [-0.39, 0.29) is 5.60 Å². The molecule has 21 heavy (non-hydrogen) atoms. The number of benzene rings is 1. The average Bonchev–Trinajstić information content (AvgIpc) is 2.94. The summed E-state index contributed by atoms with van der Waals surface area (Å²) in [7, 11) is 0. The molecule has 0 saturated carbocycles. The Bertz CT molecular complexity index is 442. The lowest BCUT2D eigenvalue weighted by molar-refractivity contribution is -0.0284. The molecule has 0 amide bonds. The molecule has 1 N–H and O–H groups in total. The van der Waals surface area contributed by atoms with Crippen molar-refractivity contribution < 1.29 is 4.74 Å². The third kappa shape index (κ3) is 3.47. The number of hydrogen-bond donors (Lipinski definition) is 1. The summed E-state index contributed by atoms with van der Waals surface area (Å²) < 4.78 is 6.03. The van der Waals surface area contributed by atoms with Crippen LogP contribution in [0.1, 0.15) is 44.7 Å². The minimum atomic E-state index is 0.0443. The summed E-state index contributed by atoms with van der Waals surface area (Å²) >= 11 is 0. The van der Waals surface area contributed by atoms with E-state index in [4.69, 9.17) is 4.74 Å². The molecular formula is C18H28N2O.